The third kappa shape index (κ3) is 5.76. The lowest BCUT2D eigenvalue weighted by Gasteiger charge is -2.29. The van der Waals surface area contributed by atoms with Crippen molar-refractivity contribution in [1.82, 2.24) is 15.1 Å². The summed E-state index contributed by atoms with van der Waals surface area (Å²) in [4.78, 5) is 68.3. The number of anilines is 1. The summed E-state index contributed by atoms with van der Waals surface area (Å²) < 4.78 is 0. The molecule has 0 aliphatic carbocycles. The molecule has 39 heavy (non-hydrogen) atoms. The highest BCUT2D eigenvalue weighted by atomic mass is 16.6. The molecule has 11 nitrogen and oxygen atoms in total. The molecule has 2 aromatic carbocycles. The van der Waals surface area contributed by atoms with Crippen LogP contribution >= 0.6 is 0 Å². The van der Waals surface area contributed by atoms with Gasteiger partial charge in [0.2, 0.25) is 5.91 Å². The molecule has 3 amide bonds. The molecule has 206 valence electrons. The Labute approximate surface area is 226 Å². The smallest absolute Gasteiger partial charge is 0.269 e. The molecular weight excluding hydrogens is 502 g/mol. The third-order valence-corrected chi connectivity index (χ3v) is 7.25. The third-order valence-electron chi connectivity index (χ3n) is 7.25. The van der Waals surface area contributed by atoms with Crippen molar-refractivity contribution in [1.29, 1.82) is 0 Å². The molecule has 0 spiro atoms. The lowest BCUT2D eigenvalue weighted by molar-refractivity contribution is -0.384. The average molecular weight is 536 g/mol. The van der Waals surface area contributed by atoms with Crippen LogP contribution in [0.4, 0.5) is 11.4 Å². The van der Waals surface area contributed by atoms with Gasteiger partial charge in [-0.05, 0) is 55.2 Å². The van der Waals surface area contributed by atoms with Gasteiger partial charge in [-0.15, -0.1) is 0 Å². The van der Waals surface area contributed by atoms with Gasteiger partial charge in [0.15, 0.2) is 5.78 Å². The summed E-state index contributed by atoms with van der Waals surface area (Å²) in [7, 11) is 3.81. The van der Waals surface area contributed by atoms with Crippen LogP contribution in [-0.4, -0.2) is 83.5 Å². The quantitative estimate of drug-likeness (QED) is 0.406. The van der Waals surface area contributed by atoms with Gasteiger partial charge in [-0.3, -0.25) is 29.3 Å². The predicted octanol–water partition coefficient (Wildman–Crippen LogP) is 2.50. The Hall–Kier alpha value is -4.28. The SMILES string of the molecule is CC(C)C[C@H](NC(=O)c1ccc(N(C)C)cc1)C(=O)N1CCC2C1C(=O)CN2C(=O)c1ccc([N+](=O)[O-])cc1. The minimum Gasteiger partial charge on any atom is -0.378 e. The van der Waals surface area contributed by atoms with Crippen molar-refractivity contribution >= 4 is 34.9 Å². The van der Waals surface area contributed by atoms with Crippen LogP contribution < -0.4 is 10.2 Å². The maximum atomic E-state index is 13.7. The molecule has 2 aromatic rings. The van der Waals surface area contributed by atoms with Gasteiger partial charge >= 0.3 is 0 Å². The standard InChI is InChI=1S/C28H33N5O6/c1-17(2)15-22(29-26(35)18-5-9-20(10-6-18)30(3)4)28(37)31-14-13-23-25(31)24(34)16-32(23)27(36)19-7-11-21(12-8-19)33(38)39/h5-12,17,22-23,25H,13-16H2,1-4H3,(H,29,35)/t22-,23?,25?/m0/s1. The molecule has 0 radical (unpaired) electrons. The van der Waals surface area contributed by atoms with Crippen molar-refractivity contribution in [2.24, 2.45) is 5.92 Å². The van der Waals surface area contributed by atoms with Crippen molar-refractivity contribution < 1.29 is 24.1 Å². The normalized spacial score (nSPS) is 19.2. The molecule has 0 saturated carbocycles. The van der Waals surface area contributed by atoms with Gasteiger partial charge in [0.25, 0.3) is 17.5 Å². The van der Waals surface area contributed by atoms with Crippen molar-refractivity contribution in [3.8, 4) is 0 Å². The van der Waals surface area contributed by atoms with E-state index >= 15 is 0 Å². The number of Topliss-reactive ketones (excluding diaryl/α,β-unsaturated/α-hetero) is 1. The summed E-state index contributed by atoms with van der Waals surface area (Å²) in [6, 6.07) is 10.2. The van der Waals surface area contributed by atoms with Crippen molar-refractivity contribution in [3.63, 3.8) is 0 Å². The summed E-state index contributed by atoms with van der Waals surface area (Å²) in [6.45, 7) is 4.05. The predicted molar refractivity (Wildman–Crippen MR) is 145 cm³/mol. The van der Waals surface area contributed by atoms with E-state index in [2.05, 4.69) is 5.32 Å². The minimum atomic E-state index is -0.822. The fourth-order valence-corrected chi connectivity index (χ4v) is 5.28. The fourth-order valence-electron chi connectivity index (χ4n) is 5.28. The number of nitro benzene ring substituents is 1. The Kier molecular flexibility index (Phi) is 7.98. The second kappa shape index (κ2) is 11.2. The number of fused-ring (bicyclic) bond motifs is 1. The summed E-state index contributed by atoms with van der Waals surface area (Å²) in [6.07, 6.45) is 0.823. The number of benzene rings is 2. The number of ketones is 1. The van der Waals surface area contributed by atoms with Gasteiger partial charge in [-0.2, -0.15) is 0 Å². The zero-order valence-electron chi connectivity index (χ0n) is 22.5. The maximum Gasteiger partial charge on any atom is 0.269 e. The topological polar surface area (TPSA) is 133 Å². The number of hydrogen-bond donors (Lipinski definition) is 1. The van der Waals surface area contributed by atoms with E-state index in [-0.39, 0.29) is 47.9 Å². The van der Waals surface area contributed by atoms with Crippen LogP contribution in [0.25, 0.3) is 0 Å². The second-order valence-electron chi connectivity index (χ2n) is 10.6. The molecule has 0 bridgehead atoms. The molecule has 2 aliphatic rings. The molecule has 11 heteroatoms. The number of likely N-dealkylation sites (tertiary alicyclic amines) is 2. The van der Waals surface area contributed by atoms with Crippen molar-refractivity contribution in [3.05, 3.63) is 69.8 Å². The van der Waals surface area contributed by atoms with Gasteiger partial charge < -0.3 is 20.0 Å². The van der Waals surface area contributed by atoms with Crippen LogP contribution in [0.1, 0.15) is 47.4 Å². The molecule has 2 fully saturated rings. The van der Waals surface area contributed by atoms with E-state index < -0.39 is 29.0 Å². The lowest BCUT2D eigenvalue weighted by atomic mass is 10.0. The van der Waals surface area contributed by atoms with E-state index in [1.165, 1.54) is 34.1 Å². The highest BCUT2D eigenvalue weighted by Crippen LogP contribution is 2.32. The lowest BCUT2D eigenvalue weighted by Crippen LogP contribution is -2.53. The molecule has 1 N–H and O–H groups in total. The summed E-state index contributed by atoms with van der Waals surface area (Å²) in [5, 5.41) is 13.8. The van der Waals surface area contributed by atoms with Crippen LogP contribution in [0.5, 0.6) is 0 Å². The number of nitro groups is 1. The van der Waals surface area contributed by atoms with Crippen molar-refractivity contribution in [2.75, 3.05) is 32.1 Å². The number of rotatable bonds is 8. The fraction of sp³-hybridized carbons (Fsp3) is 0.429. The number of carbonyl (C=O) groups excluding carboxylic acids is 4. The maximum absolute atomic E-state index is 13.7. The largest absolute Gasteiger partial charge is 0.378 e. The van der Waals surface area contributed by atoms with Crippen LogP contribution in [0.2, 0.25) is 0 Å². The highest BCUT2D eigenvalue weighted by molar-refractivity contribution is 6.03. The Morgan fingerprint density at radius 2 is 1.64 bits per heavy atom. The molecule has 4 rings (SSSR count). The molecule has 2 aliphatic heterocycles. The number of amides is 3. The summed E-state index contributed by atoms with van der Waals surface area (Å²) in [5.41, 5.74) is 1.48. The number of hydrogen-bond acceptors (Lipinski definition) is 7. The van der Waals surface area contributed by atoms with E-state index in [4.69, 9.17) is 0 Å². The molecule has 0 aromatic heterocycles. The molecule has 3 atom stereocenters. The van der Waals surface area contributed by atoms with E-state index in [1.54, 1.807) is 12.1 Å². The Morgan fingerprint density at radius 1 is 1.03 bits per heavy atom. The Morgan fingerprint density at radius 3 is 2.21 bits per heavy atom. The zero-order valence-corrected chi connectivity index (χ0v) is 22.5. The van der Waals surface area contributed by atoms with Gasteiger partial charge in [0, 0.05) is 49.6 Å². The number of carbonyl (C=O) groups is 4. The molecule has 2 saturated heterocycles. The molecule has 2 heterocycles. The van der Waals surface area contributed by atoms with E-state index in [0.29, 0.717) is 18.4 Å². The minimum absolute atomic E-state index is 0.105. The van der Waals surface area contributed by atoms with Crippen LogP contribution in [0.3, 0.4) is 0 Å². The monoisotopic (exact) mass is 535 g/mol. The zero-order chi connectivity index (χ0) is 28.4. The second-order valence-corrected chi connectivity index (χ2v) is 10.6. The van der Waals surface area contributed by atoms with E-state index in [9.17, 15) is 29.3 Å². The van der Waals surface area contributed by atoms with Crippen LogP contribution in [0, 0.1) is 16.0 Å². The number of non-ortho nitro benzene ring substituents is 1. The first-order valence-corrected chi connectivity index (χ1v) is 12.9. The Balaban J connectivity index is 1.49. The van der Waals surface area contributed by atoms with Crippen LogP contribution in [0.15, 0.2) is 48.5 Å². The Bertz CT molecular complexity index is 1270. The first-order chi connectivity index (χ1) is 18.5. The number of nitrogens with one attached hydrogen (secondary N) is 1. The molecular formula is C28H33N5O6. The molecule has 2 unspecified atom stereocenters. The van der Waals surface area contributed by atoms with E-state index in [1.807, 2.05) is 45.0 Å². The van der Waals surface area contributed by atoms with Gasteiger partial charge in [-0.25, -0.2) is 0 Å². The first kappa shape index (κ1) is 27.7. The number of nitrogens with zero attached hydrogens (tertiary/aromatic N) is 4. The first-order valence-electron chi connectivity index (χ1n) is 12.9. The van der Waals surface area contributed by atoms with Gasteiger partial charge in [0.05, 0.1) is 17.5 Å². The van der Waals surface area contributed by atoms with Gasteiger partial charge in [0.1, 0.15) is 12.1 Å². The summed E-state index contributed by atoms with van der Waals surface area (Å²) >= 11 is 0. The van der Waals surface area contributed by atoms with Crippen LogP contribution in [-0.2, 0) is 9.59 Å². The summed E-state index contributed by atoms with van der Waals surface area (Å²) in [5.74, 6) is -1.26. The van der Waals surface area contributed by atoms with Crippen molar-refractivity contribution in [2.45, 2.75) is 44.8 Å². The average Bonchev–Trinajstić information content (AvgIpc) is 3.48. The van der Waals surface area contributed by atoms with E-state index in [0.717, 1.165) is 5.69 Å². The highest BCUT2D eigenvalue weighted by Gasteiger charge is 2.52. The van der Waals surface area contributed by atoms with Gasteiger partial charge in [-0.1, -0.05) is 13.8 Å².